The van der Waals surface area contributed by atoms with Gasteiger partial charge in [-0.15, -0.1) is 0 Å². The van der Waals surface area contributed by atoms with Crippen LogP contribution in [-0.2, 0) is 6.42 Å². The lowest BCUT2D eigenvalue weighted by atomic mass is 10.1. The van der Waals surface area contributed by atoms with Crippen LogP contribution in [0.15, 0.2) is 12.1 Å². The first-order valence-electron chi connectivity index (χ1n) is 3.72. The van der Waals surface area contributed by atoms with E-state index >= 15 is 0 Å². The Balaban J connectivity index is 2.60. The molecule has 58 valence electrons. The quantitative estimate of drug-likeness (QED) is 0.609. The first kappa shape index (κ1) is 6.53. The van der Waals surface area contributed by atoms with Crippen LogP contribution in [0.4, 0.5) is 0 Å². The van der Waals surface area contributed by atoms with Crippen LogP contribution in [0.2, 0.25) is 0 Å². The van der Waals surface area contributed by atoms with Crippen LogP contribution in [-0.4, -0.2) is 11.7 Å². The van der Waals surface area contributed by atoms with Gasteiger partial charge in [0.2, 0.25) is 0 Å². The van der Waals surface area contributed by atoms with Gasteiger partial charge in [-0.25, -0.2) is 0 Å². The number of benzene rings is 1. The van der Waals surface area contributed by atoms with Crippen LogP contribution in [0.3, 0.4) is 0 Å². The molecule has 11 heavy (non-hydrogen) atoms. The zero-order valence-corrected chi connectivity index (χ0v) is 6.42. The van der Waals surface area contributed by atoms with Gasteiger partial charge in [0, 0.05) is 18.1 Å². The molecule has 1 aromatic rings. The van der Waals surface area contributed by atoms with Crippen molar-refractivity contribution in [2.24, 2.45) is 0 Å². The molecule has 0 spiro atoms. The third-order valence-corrected chi connectivity index (χ3v) is 2.03. The van der Waals surface area contributed by atoms with Gasteiger partial charge < -0.3 is 9.84 Å². The number of phenols is 1. The summed E-state index contributed by atoms with van der Waals surface area (Å²) in [7, 11) is 0. The van der Waals surface area contributed by atoms with E-state index in [0.717, 1.165) is 24.3 Å². The number of aromatic hydroxyl groups is 1. The van der Waals surface area contributed by atoms with Gasteiger partial charge in [0.25, 0.3) is 0 Å². The SMILES string of the molecule is Cc1cc(O)cc2c1CCO2. The van der Waals surface area contributed by atoms with E-state index in [1.165, 1.54) is 5.56 Å². The van der Waals surface area contributed by atoms with Gasteiger partial charge in [0.15, 0.2) is 0 Å². The predicted octanol–water partition coefficient (Wildman–Crippen LogP) is 1.64. The fourth-order valence-electron chi connectivity index (χ4n) is 1.48. The van der Waals surface area contributed by atoms with E-state index in [9.17, 15) is 5.11 Å². The van der Waals surface area contributed by atoms with Crippen LogP contribution in [0.25, 0.3) is 0 Å². The summed E-state index contributed by atoms with van der Waals surface area (Å²) < 4.78 is 5.30. The van der Waals surface area contributed by atoms with Gasteiger partial charge in [0.05, 0.1) is 6.61 Å². The summed E-state index contributed by atoms with van der Waals surface area (Å²) in [6.45, 7) is 2.74. The Kier molecular flexibility index (Phi) is 1.28. The van der Waals surface area contributed by atoms with Crippen LogP contribution in [0.5, 0.6) is 11.5 Å². The number of hydrogen-bond donors (Lipinski definition) is 1. The maximum Gasteiger partial charge on any atom is 0.126 e. The van der Waals surface area contributed by atoms with E-state index in [2.05, 4.69) is 0 Å². The molecule has 1 aliphatic rings. The Labute approximate surface area is 65.4 Å². The summed E-state index contributed by atoms with van der Waals surface area (Å²) in [6, 6.07) is 3.45. The lowest BCUT2D eigenvalue weighted by molar-refractivity contribution is 0.354. The van der Waals surface area contributed by atoms with Crippen molar-refractivity contribution in [3.05, 3.63) is 23.3 Å². The maximum absolute atomic E-state index is 9.20. The highest BCUT2D eigenvalue weighted by Crippen LogP contribution is 2.31. The predicted molar refractivity (Wildman–Crippen MR) is 42.0 cm³/mol. The summed E-state index contributed by atoms with van der Waals surface area (Å²) in [5, 5.41) is 9.20. The zero-order valence-electron chi connectivity index (χ0n) is 6.42. The summed E-state index contributed by atoms with van der Waals surface area (Å²) in [4.78, 5) is 0. The van der Waals surface area contributed by atoms with Gasteiger partial charge in [-0.1, -0.05) is 0 Å². The lowest BCUT2D eigenvalue weighted by Gasteiger charge is -2.02. The number of rotatable bonds is 0. The van der Waals surface area contributed by atoms with Crippen LogP contribution < -0.4 is 4.74 Å². The third-order valence-electron chi connectivity index (χ3n) is 2.03. The molecule has 0 radical (unpaired) electrons. The minimum absolute atomic E-state index is 0.295. The second-order valence-electron chi connectivity index (χ2n) is 2.84. The summed E-state index contributed by atoms with van der Waals surface area (Å²) >= 11 is 0. The number of hydrogen-bond acceptors (Lipinski definition) is 2. The molecule has 1 aromatic carbocycles. The van der Waals surface area contributed by atoms with Gasteiger partial charge in [0.1, 0.15) is 11.5 Å². The van der Waals surface area contributed by atoms with Gasteiger partial charge >= 0.3 is 0 Å². The Hall–Kier alpha value is -1.18. The molecular weight excluding hydrogens is 140 g/mol. The topological polar surface area (TPSA) is 29.5 Å². The third kappa shape index (κ3) is 0.946. The second-order valence-corrected chi connectivity index (χ2v) is 2.84. The van der Waals surface area contributed by atoms with E-state index in [4.69, 9.17) is 4.74 Å². The standard InChI is InChI=1S/C9H10O2/c1-6-4-7(10)5-9-8(6)2-3-11-9/h4-5,10H,2-3H2,1H3. The van der Waals surface area contributed by atoms with Crippen molar-refractivity contribution in [3.63, 3.8) is 0 Å². The monoisotopic (exact) mass is 150 g/mol. The second kappa shape index (κ2) is 2.16. The molecule has 0 unspecified atom stereocenters. The van der Waals surface area contributed by atoms with E-state index in [-0.39, 0.29) is 0 Å². The highest BCUT2D eigenvalue weighted by atomic mass is 16.5. The van der Waals surface area contributed by atoms with Gasteiger partial charge in [-0.2, -0.15) is 0 Å². The number of aryl methyl sites for hydroxylation is 1. The largest absolute Gasteiger partial charge is 0.508 e. The average Bonchev–Trinajstić information content (AvgIpc) is 2.34. The van der Waals surface area contributed by atoms with Crippen LogP contribution in [0, 0.1) is 6.92 Å². The summed E-state index contributed by atoms with van der Waals surface area (Å²) in [6.07, 6.45) is 0.974. The first-order valence-corrected chi connectivity index (χ1v) is 3.72. The molecule has 1 N–H and O–H groups in total. The molecule has 2 heteroatoms. The van der Waals surface area contributed by atoms with Crippen molar-refractivity contribution >= 4 is 0 Å². The molecule has 0 amide bonds. The van der Waals surface area contributed by atoms with E-state index in [1.807, 2.05) is 6.92 Å². The van der Waals surface area contributed by atoms with Crippen LogP contribution in [0.1, 0.15) is 11.1 Å². The fraction of sp³-hybridized carbons (Fsp3) is 0.333. The maximum atomic E-state index is 9.20. The molecule has 0 atom stereocenters. The zero-order chi connectivity index (χ0) is 7.84. The minimum Gasteiger partial charge on any atom is -0.508 e. The normalized spacial score (nSPS) is 14.3. The Morgan fingerprint density at radius 2 is 2.27 bits per heavy atom. The Bertz CT molecular complexity index is 292. The molecular formula is C9H10O2. The van der Waals surface area contributed by atoms with E-state index < -0.39 is 0 Å². The van der Waals surface area contributed by atoms with Crippen molar-refractivity contribution < 1.29 is 9.84 Å². The van der Waals surface area contributed by atoms with Crippen molar-refractivity contribution in [1.29, 1.82) is 0 Å². The molecule has 1 aliphatic heterocycles. The highest BCUT2D eigenvalue weighted by Gasteiger charge is 2.14. The molecule has 0 aliphatic carbocycles. The van der Waals surface area contributed by atoms with Crippen molar-refractivity contribution in [1.82, 2.24) is 0 Å². The molecule has 0 saturated heterocycles. The highest BCUT2D eigenvalue weighted by molar-refractivity contribution is 5.47. The van der Waals surface area contributed by atoms with Crippen molar-refractivity contribution in [2.75, 3.05) is 6.61 Å². The molecule has 0 saturated carbocycles. The van der Waals surface area contributed by atoms with Crippen molar-refractivity contribution in [2.45, 2.75) is 13.3 Å². The number of fused-ring (bicyclic) bond motifs is 1. The summed E-state index contributed by atoms with van der Waals surface area (Å²) in [5.41, 5.74) is 2.36. The van der Waals surface area contributed by atoms with E-state index in [0.29, 0.717) is 5.75 Å². The van der Waals surface area contributed by atoms with Crippen LogP contribution >= 0.6 is 0 Å². The molecule has 0 fully saturated rings. The minimum atomic E-state index is 0.295. The molecule has 2 rings (SSSR count). The Morgan fingerprint density at radius 3 is 3.09 bits per heavy atom. The Morgan fingerprint density at radius 1 is 1.45 bits per heavy atom. The summed E-state index contributed by atoms with van der Waals surface area (Å²) in [5.74, 6) is 1.14. The molecule has 0 aromatic heterocycles. The first-order chi connectivity index (χ1) is 5.27. The van der Waals surface area contributed by atoms with Gasteiger partial charge in [-0.3, -0.25) is 0 Å². The number of phenolic OH excluding ortho intramolecular Hbond substituents is 1. The fourth-order valence-corrected chi connectivity index (χ4v) is 1.48. The smallest absolute Gasteiger partial charge is 0.126 e. The molecule has 0 bridgehead atoms. The van der Waals surface area contributed by atoms with Crippen molar-refractivity contribution in [3.8, 4) is 11.5 Å². The number of ether oxygens (including phenoxy) is 1. The average molecular weight is 150 g/mol. The molecule has 2 nitrogen and oxygen atoms in total. The van der Waals surface area contributed by atoms with E-state index in [1.54, 1.807) is 12.1 Å². The lowest BCUT2D eigenvalue weighted by Crippen LogP contribution is -1.86. The van der Waals surface area contributed by atoms with Gasteiger partial charge in [-0.05, 0) is 18.6 Å². The molecule has 1 heterocycles.